The van der Waals surface area contributed by atoms with Gasteiger partial charge in [-0.1, -0.05) is 0 Å². The van der Waals surface area contributed by atoms with E-state index in [4.69, 9.17) is 5.11 Å². The van der Waals surface area contributed by atoms with Crippen LogP contribution in [0.2, 0.25) is 0 Å². The molecule has 1 aromatic heterocycles. The van der Waals surface area contributed by atoms with Gasteiger partial charge in [0.15, 0.2) is 0 Å². The van der Waals surface area contributed by atoms with E-state index in [9.17, 15) is 9.59 Å². The molecule has 1 fully saturated rings. The first-order valence-corrected chi connectivity index (χ1v) is 6.70. The van der Waals surface area contributed by atoms with Gasteiger partial charge in [-0.3, -0.25) is 9.59 Å². The van der Waals surface area contributed by atoms with Gasteiger partial charge in [0.1, 0.15) is 5.69 Å². The molecule has 2 rings (SSSR count). The van der Waals surface area contributed by atoms with E-state index >= 15 is 0 Å². The molecule has 5 heteroatoms. The third-order valence-electron chi connectivity index (χ3n) is 3.74. The first-order chi connectivity index (χ1) is 9.08. The number of carboxylic acid groups (broad SMARTS) is 1. The summed E-state index contributed by atoms with van der Waals surface area (Å²) in [4.78, 5) is 24.8. The van der Waals surface area contributed by atoms with Crippen molar-refractivity contribution in [1.29, 1.82) is 0 Å². The number of hydrogen-bond donors (Lipinski definition) is 1. The smallest absolute Gasteiger partial charge is 0.303 e. The fraction of sp³-hybridized carbons (Fsp3) is 0.571. The molecular formula is C14H20N2O3. The minimum Gasteiger partial charge on any atom is -0.481 e. The highest BCUT2D eigenvalue weighted by Gasteiger charge is 2.25. The quantitative estimate of drug-likeness (QED) is 0.901. The third kappa shape index (κ3) is 3.36. The van der Waals surface area contributed by atoms with Gasteiger partial charge in [-0.15, -0.1) is 0 Å². The summed E-state index contributed by atoms with van der Waals surface area (Å²) in [6.45, 7) is 1.45. The number of carbonyl (C=O) groups is 2. The van der Waals surface area contributed by atoms with Crippen LogP contribution < -0.4 is 0 Å². The largest absolute Gasteiger partial charge is 0.481 e. The molecule has 104 valence electrons. The number of amides is 1. The number of carboxylic acids is 1. The second kappa shape index (κ2) is 5.91. The average Bonchev–Trinajstić information content (AvgIpc) is 2.82. The number of likely N-dealkylation sites (tertiary alicyclic amines) is 1. The number of nitrogens with zero attached hydrogens (tertiary/aromatic N) is 2. The topological polar surface area (TPSA) is 62.5 Å². The zero-order valence-electron chi connectivity index (χ0n) is 11.2. The number of piperidine rings is 1. The van der Waals surface area contributed by atoms with Crippen molar-refractivity contribution in [3.05, 3.63) is 24.0 Å². The van der Waals surface area contributed by atoms with E-state index in [1.54, 1.807) is 0 Å². The molecule has 0 spiro atoms. The predicted octanol–water partition coefficient (Wildman–Crippen LogP) is 1.74. The molecule has 0 aliphatic carbocycles. The third-order valence-corrected chi connectivity index (χ3v) is 3.74. The summed E-state index contributed by atoms with van der Waals surface area (Å²) in [6, 6.07) is 3.68. The van der Waals surface area contributed by atoms with Gasteiger partial charge in [-0.2, -0.15) is 0 Å². The van der Waals surface area contributed by atoms with Crippen LogP contribution in [-0.4, -0.2) is 39.5 Å². The lowest BCUT2D eigenvalue weighted by atomic mass is 9.93. The molecule has 0 bridgehead atoms. The van der Waals surface area contributed by atoms with Gasteiger partial charge in [0.25, 0.3) is 5.91 Å². The Kier molecular flexibility index (Phi) is 4.24. The van der Waals surface area contributed by atoms with E-state index in [0.29, 0.717) is 24.6 Å². The van der Waals surface area contributed by atoms with Crippen molar-refractivity contribution < 1.29 is 14.7 Å². The number of aryl methyl sites for hydroxylation is 1. The Hall–Kier alpha value is -1.78. The molecule has 5 nitrogen and oxygen atoms in total. The molecule has 19 heavy (non-hydrogen) atoms. The second-order valence-corrected chi connectivity index (χ2v) is 5.20. The van der Waals surface area contributed by atoms with E-state index in [2.05, 4.69) is 0 Å². The Morgan fingerprint density at radius 2 is 2.26 bits per heavy atom. The fourth-order valence-electron chi connectivity index (χ4n) is 2.66. The van der Waals surface area contributed by atoms with Crippen molar-refractivity contribution in [2.75, 3.05) is 13.1 Å². The molecule has 1 saturated heterocycles. The fourth-order valence-corrected chi connectivity index (χ4v) is 2.66. The molecule has 1 aliphatic rings. The Labute approximate surface area is 112 Å². The van der Waals surface area contributed by atoms with Crippen LogP contribution in [0.5, 0.6) is 0 Å². The average molecular weight is 264 g/mol. The van der Waals surface area contributed by atoms with E-state index in [1.807, 2.05) is 34.8 Å². The summed E-state index contributed by atoms with van der Waals surface area (Å²) in [6.07, 6.45) is 4.69. The molecule has 1 N–H and O–H groups in total. The minimum absolute atomic E-state index is 0.0486. The summed E-state index contributed by atoms with van der Waals surface area (Å²) in [7, 11) is 1.86. The van der Waals surface area contributed by atoms with E-state index in [1.165, 1.54) is 0 Å². The van der Waals surface area contributed by atoms with Crippen molar-refractivity contribution in [2.24, 2.45) is 13.0 Å². The molecule has 0 saturated carbocycles. The zero-order chi connectivity index (χ0) is 13.8. The summed E-state index contributed by atoms with van der Waals surface area (Å²) in [5.41, 5.74) is 0.693. The summed E-state index contributed by atoms with van der Waals surface area (Å²) < 4.78 is 1.82. The van der Waals surface area contributed by atoms with E-state index < -0.39 is 5.97 Å². The maximum atomic E-state index is 12.4. The molecule has 0 radical (unpaired) electrons. The Bertz CT molecular complexity index is 467. The Balaban J connectivity index is 1.95. The summed E-state index contributed by atoms with van der Waals surface area (Å²) >= 11 is 0. The van der Waals surface area contributed by atoms with Crippen molar-refractivity contribution >= 4 is 11.9 Å². The number of carbonyl (C=O) groups excluding carboxylic acids is 1. The van der Waals surface area contributed by atoms with Gasteiger partial charge in [0.2, 0.25) is 0 Å². The number of aliphatic carboxylic acids is 1. The highest BCUT2D eigenvalue weighted by molar-refractivity contribution is 5.92. The minimum atomic E-state index is -0.758. The van der Waals surface area contributed by atoms with Crippen molar-refractivity contribution in [2.45, 2.75) is 25.7 Å². The lowest BCUT2D eigenvalue weighted by Gasteiger charge is -2.32. The number of rotatable bonds is 4. The maximum absolute atomic E-state index is 12.4. The summed E-state index contributed by atoms with van der Waals surface area (Å²) in [5.74, 6) is -0.396. The first-order valence-electron chi connectivity index (χ1n) is 6.70. The Morgan fingerprint density at radius 1 is 1.47 bits per heavy atom. The van der Waals surface area contributed by atoms with Crippen LogP contribution in [0.4, 0.5) is 0 Å². The molecule has 0 aromatic carbocycles. The van der Waals surface area contributed by atoms with E-state index in [-0.39, 0.29) is 12.3 Å². The van der Waals surface area contributed by atoms with Gasteiger partial charge in [-0.25, -0.2) is 0 Å². The SMILES string of the molecule is Cn1cccc1C(=O)N1CCCC(CCC(=O)O)C1. The molecule has 1 aromatic rings. The molecule has 1 aliphatic heterocycles. The van der Waals surface area contributed by atoms with Crippen LogP contribution >= 0.6 is 0 Å². The standard InChI is InChI=1S/C14H20N2O3/c1-15-8-3-5-12(15)14(19)16-9-2-4-11(10-16)6-7-13(17)18/h3,5,8,11H,2,4,6-7,9-10H2,1H3,(H,17,18). The lowest BCUT2D eigenvalue weighted by molar-refractivity contribution is -0.137. The normalized spacial score (nSPS) is 19.4. The van der Waals surface area contributed by atoms with Gasteiger partial charge >= 0.3 is 5.97 Å². The molecular weight excluding hydrogens is 244 g/mol. The molecule has 1 amide bonds. The second-order valence-electron chi connectivity index (χ2n) is 5.20. The highest BCUT2D eigenvalue weighted by atomic mass is 16.4. The van der Waals surface area contributed by atoms with Crippen molar-refractivity contribution in [3.8, 4) is 0 Å². The van der Waals surface area contributed by atoms with Crippen molar-refractivity contribution in [3.63, 3.8) is 0 Å². The van der Waals surface area contributed by atoms with Crippen LogP contribution in [0.15, 0.2) is 18.3 Å². The summed E-state index contributed by atoms with van der Waals surface area (Å²) in [5, 5.41) is 8.72. The number of hydrogen-bond acceptors (Lipinski definition) is 2. The van der Waals surface area contributed by atoms with E-state index in [0.717, 1.165) is 19.4 Å². The van der Waals surface area contributed by atoms with Crippen LogP contribution in [-0.2, 0) is 11.8 Å². The van der Waals surface area contributed by atoms with Crippen molar-refractivity contribution in [1.82, 2.24) is 9.47 Å². The van der Waals surface area contributed by atoms with Crippen LogP contribution in [0, 0.1) is 5.92 Å². The first kappa shape index (κ1) is 13.6. The van der Waals surface area contributed by atoms with Crippen LogP contribution in [0.1, 0.15) is 36.2 Å². The lowest BCUT2D eigenvalue weighted by Crippen LogP contribution is -2.40. The van der Waals surface area contributed by atoms with Gasteiger partial charge in [-0.05, 0) is 37.3 Å². The number of aromatic nitrogens is 1. The predicted molar refractivity (Wildman–Crippen MR) is 70.9 cm³/mol. The van der Waals surface area contributed by atoms with Gasteiger partial charge in [0.05, 0.1) is 0 Å². The van der Waals surface area contributed by atoms with Gasteiger partial charge < -0.3 is 14.6 Å². The van der Waals surface area contributed by atoms with Crippen LogP contribution in [0.3, 0.4) is 0 Å². The highest BCUT2D eigenvalue weighted by Crippen LogP contribution is 2.22. The molecule has 1 atom stereocenters. The van der Waals surface area contributed by atoms with Gasteiger partial charge in [0, 0.05) is 32.8 Å². The van der Waals surface area contributed by atoms with Crippen LogP contribution in [0.25, 0.3) is 0 Å². The monoisotopic (exact) mass is 264 g/mol. The molecule has 1 unspecified atom stereocenters. The zero-order valence-corrected chi connectivity index (χ0v) is 11.2. The Morgan fingerprint density at radius 3 is 2.89 bits per heavy atom. The molecule has 2 heterocycles. The maximum Gasteiger partial charge on any atom is 0.303 e.